The second kappa shape index (κ2) is 10.6. The van der Waals surface area contributed by atoms with Crippen LogP contribution in [0.4, 0.5) is 0 Å². The van der Waals surface area contributed by atoms with E-state index in [4.69, 9.17) is 0 Å². The van der Waals surface area contributed by atoms with E-state index >= 15 is 0 Å². The zero-order chi connectivity index (χ0) is 13.1. The molecule has 0 bridgehead atoms. The summed E-state index contributed by atoms with van der Waals surface area (Å²) in [5, 5.41) is 3.69. The van der Waals surface area contributed by atoms with Crippen molar-refractivity contribution in [2.45, 2.75) is 96.6 Å². The molecule has 0 aromatic carbocycles. The summed E-state index contributed by atoms with van der Waals surface area (Å²) in [5.41, 5.74) is 0. The van der Waals surface area contributed by atoms with Gasteiger partial charge in [0.2, 0.25) is 0 Å². The topological polar surface area (TPSA) is 12.0 Å². The van der Waals surface area contributed by atoms with E-state index in [1.54, 1.807) is 0 Å². The average Bonchev–Trinajstić information content (AvgIpc) is 2.37. The van der Waals surface area contributed by atoms with E-state index in [9.17, 15) is 0 Å². The molecule has 0 radical (unpaired) electrons. The minimum atomic E-state index is 0.732. The van der Waals surface area contributed by atoms with Gasteiger partial charge in [0.15, 0.2) is 0 Å². The minimum Gasteiger partial charge on any atom is -0.311 e. The second-order valence-corrected chi connectivity index (χ2v) is 5.96. The Bertz CT molecular complexity index is 210. The zero-order valence-corrected chi connectivity index (χ0v) is 12.6. The summed E-state index contributed by atoms with van der Waals surface area (Å²) in [6.07, 6.45) is 19.9. The molecule has 1 saturated heterocycles. The first kappa shape index (κ1) is 15.8. The van der Waals surface area contributed by atoms with Gasteiger partial charge in [-0.05, 0) is 39.0 Å². The molecule has 1 rings (SSSR count). The molecular weight excluding hydrogens is 218 g/mol. The van der Waals surface area contributed by atoms with E-state index in [1.165, 1.54) is 70.6 Å². The van der Waals surface area contributed by atoms with Gasteiger partial charge < -0.3 is 5.32 Å². The van der Waals surface area contributed by atoms with Gasteiger partial charge in [0.1, 0.15) is 0 Å². The third-order valence-corrected chi connectivity index (χ3v) is 4.02. The number of nitrogens with one attached hydrogen (secondary N) is 1. The molecule has 0 amide bonds. The highest BCUT2D eigenvalue weighted by Gasteiger charge is 2.15. The molecule has 0 saturated carbocycles. The zero-order valence-electron chi connectivity index (χ0n) is 12.6. The maximum Gasteiger partial charge on any atom is 0.0104 e. The van der Waals surface area contributed by atoms with E-state index in [1.807, 2.05) is 0 Å². The lowest BCUT2D eigenvalue weighted by atomic mass is 9.97. The van der Waals surface area contributed by atoms with E-state index in [2.05, 4.69) is 31.3 Å². The van der Waals surface area contributed by atoms with Crippen LogP contribution in [0.25, 0.3) is 0 Å². The molecule has 1 heterocycles. The van der Waals surface area contributed by atoms with Crippen LogP contribution < -0.4 is 5.32 Å². The molecule has 1 N–H and O–H groups in total. The predicted molar refractivity (Wildman–Crippen MR) is 82.0 cm³/mol. The van der Waals surface area contributed by atoms with Gasteiger partial charge in [-0.15, -0.1) is 0 Å². The Morgan fingerprint density at radius 1 is 1.00 bits per heavy atom. The summed E-state index contributed by atoms with van der Waals surface area (Å²) >= 11 is 0. The van der Waals surface area contributed by atoms with Crippen LogP contribution in [0.2, 0.25) is 0 Å². The molecule has 2 unspecified atom stereocenters. The molecule has 18 heavy (non-hydrogen) atoms. The fourth-order valence-corrected chi connectivity index (χ4v) is 2.85. The summed E-state index contributed by atoms with van der Waals surface area (Å²) in [4.78, 5) is 0. The van der Waals surface area contributed by atoms with Crippen molar-refractivity contribution in [3.63, 3.8) is 0 Å². The van der Waals surface area contributed by atoms with Crippen molar-refractivity contribution in [1.29, 1.82) is 0 Å². The van der Waals surface area contributed by atoms with Crippen LogP contribution >= 0.6 is 0 Å². The largest absolute Gasteiger partial charge is 0.311 e. The van der Waals surface area contributed by atoms with Crippen LogP contribution in [0, 0.1) is 0 Å². The van der Waals surface area contributed by atoms with Crippen LogP contribution in [-0.2, 0) is 0 Å². The molecule has 106 valence electrons. The van der Waals surface area contributed by atoms with Gasteiger partial charge in [-0.25, -0.2) is 0 Å². The van der Waals surface area contributed by atoms with Crippen LogP contribution in [0.5, 0.6) is 0 Å². The highest BCUT2D eigenvalue weighted by molar-refractivity contribution is 4.89. The third kappa shape index (κ3) is 7.92. The Kier molecular flexibility index (Phi) is 9.28. The average molecular weight is 251 g/mol. The van der Waals surface area contributed by atoms with Crippen LogP contribution in [0.15, 0.2) is 12.2 Å². The Morgan fingerprint density at radius 2 is 1.78 bits per heavy atom. The summed E-state index contributed by atoms with van der Waals surface area (Å²) in [5.74, 6) is 0. The Hall–Kier alpha value is -0.300. The molecule has 1 heteroatoms. The number of allylic oxidation sites excluding steroid dienone is 1. The molecule has 0 aromatic heterocycles. The van der Waals surface area contributed by atoms with Gasteiger partial charge in [-0.1, -0.05) is 57.6 Å². The van der Waals surface area contributed by atoms with Crippen molar-refractivity contribution >= 4 is 0 Å². The summed E-state index contributed by atoms with van der Waals surface area (Å²) in [6, 6.07) is 1.48. The van der Waals surface area contributed by atoms with E-state index in [0.29, 0.717) is 0 Å². The van der Waals surface area contributed by atoms with Crippen molar-refractivity contribution in [3.8, 4) is 0 Å². The maximum absolute atomic E-state index is 3.69. The molecule has 1 aliphatic rings. The van der Waals surface area contributed by atoms with E-state index in [0.717, 1.165) is 12.1 Å². The molecule has 0 aromatic rings. The lowest BCUT2D eigenvalue weighted by molar-refractivity contribution is 0.336. The predicted octanol–water partition coefficient (Wildman–Crippen LogP) is 5.21. The lowest BCUT2D eigenvalue weighted by Gasteiger charge is -2.27. The molecular formula is C17H33N. The van der Waals surface area contributed by atoms with Gasteiger partial charge >= 0.3 is 0 Å². The highest BCUT2D eigenvalue weighted by Crippen LogP contribution is 2.15. The molecule has 0 aliphatic carbocycles. The molecule has 1 fully saturated rings. The van der Waals surface area contributed by atoms with Crippen LogP contribution in [0.1, 0.15) is 84.5 Å². The maximum atomic E-state index is 3.69. The van der Waals surface area contributed by atoms with E-state index < -0.39 is 0 Å². The van der Waals surface area contributed by atoms with Gasteiger partial charge in [0.25, 0.3) is 0 Å². The SMILES string of the molecule is CCCCCCCC/C=C/CC1CCCC(C)N1. The van der Waals surface area contributed by atoms with Gasteiger partial charge in [0, 0.05) is 12.1 Å². The summed E-state index contributed by atoms with van der Waals surface area (Å²) in [6.45, 7) is 4.59. The highest BCUT2D eigenvalue weighted by atomic mass is 14.9. The Morgan fingerprint density at radius 3 is 2.56 bits per heavy atom. The van der Waals surface area contributed by atoms with Crippen molar-refractivity contribution < 1.29 is 0 Å². The number of hydrogen-bond acceptors (Lipinski definition) is 1. The molecule has 1 aliphatic heterocycles. The smallest absolute Gasteiger partial charge is 0.0104 e. The first-order chi connectivity index (χ1) is 8.83. The van der Waals surface area contributed by atoms with Crippen LogP contribution in [-0.4, -0.2) is 12.1 Å². The monoisotopic (exact) mass is 251 g/mol. The molecule has 2 atom stereocenters. The number of piperidine rings is 1. The summed E-state index contributed by atoms with van der Waals surface area (Å²) < 4.78 is 0. The van der Waals surface area contributed by atoms with Crippen molar-refractivity contribution in [3.05, 3.63) is 12.2 Å². The standard InChI is InChI=1S/C17H33N/c1-3-4-5-6-7-8-9-10-11-14-17-15-12-13-16(2)18-17/h10-11,16-18H,3-9,12-15H2,1-2H3/b11-10+. The molecule has 0 spiro atoms. The van der Waals surface area contributed by atoms with Crippen molar-refractivity contribution in [2.24, 2.45) is 0 Å². The lowest BCUT2D eigenvalue weighted by Crippen LogP contribution is -2.40. The molecule has 1 nitrogen and oxygen atoms in total. The fraction of sp³-hybridized carbons (Fsp3) is 0.882. The van der Waals surface area contributed by atoms with Gasteiger partial charge in [0.05, 0.1) is 0 Å². The van der Waals surface area contributed by atoms with Gasteiger partial charge in [-0.3, -0.25) is 0 Å². The summed E-state index contributed by atoms with van der Waals surface area (Å²) in [7, 11) is 0. The second-order valence-electron chi connectivity index (χ2n) is 5.96. The van der Waals surface area contributed by atoms with Crippen LogP contribution in [0.3, 0.4) is 0 Å². The van der Waals surface area contributed by atoms with E-state index in [-0.39, 0.29) is 0 Å². The Labute approximate surface area is 114 Å². The van der Waals surface area contributed by atoms with Crippen molar-refractivity contribution in [2.75, 3.05) is 0 Å². The van der Waals surface area contributed by atoms with Gasteiger partial charge in [-0.2, -0.15) is 0 Å². The minimum absolute atomic E-state index is 0.732. The number of unbranched alkanes of at least 4 members (excludes halogenated alkanes) is 6. The normalized spacial score (nSPS) is 24.8. The quantitative estimate of drug-likeness (QED) is 0.438. The number of rotatable bonds is 9. The Balaban J connectivity index is 1.90. The third-order valence-electron chi connectivity index (χ3n) is 4.02. The first-order valence-electron chi connectivity index (χ1n) is 8.24. The first-order valence-corrected chi connectivity index (χ1v) is 8.24. The fourth-order valence-electron chi connectivity index (χ4n) is 2.85. The van der Waals surface area contributed by atoms with Crippen molar-refractivity contribution in [1.82, 2.24) is 5.32 Å². The number of hydrogen-bond donors (Lipinski definition) is 1.